The van der Waals surface area contributed by atoms with Gasteiger partial charge in [0.15, 0.2) is 0 Å². The molecule has 2 aromatic rings. The summed E-state index contributed by atoms with van der Waals surface area (Å²) in [6.07, 6.45) is 1.87. The van der Waals surface area contributed by atoms with Gasteiger partial charge in [-0.3, -0.25) is 0 Å². The van der Waals surface area contributed by atoms with Crippen LogP contribution in [0.2, 0.25) is 5.02 Å². The third kappa shape index (κ3) is 3.56. The van der Waals surface area contributed by atoms with E-state index in [1.807, 2.05) is 24.3 Å². The third-order valence-electron chi connectivity index (χ3n) is 3.48. The number of aromatic nitrogens is 1. The van der Waals surface area contributed by atoms with E-state index in [0.29, 0.717) is 29.0 Å². The molecule has 110 valence electrons. The molecule has 1 aromatic heterocycles. The van der Waals surface area contributed by atoms with Crippen molar-refractivity contribution < 1.29 is 4.42 Å². The zero-order valence-electron chi connectivity index (χ0n) is 12.2. The summed E-state index contributed by atoms with van der Waals surface area (Å²) in [6, 6.07) is 9.63. The van der Waals surface area contributed by atoms with E-state index in [1.54, 1.807) is 0 Å². The third-order valence-corrected chi connectivity index (χ3v) is 3.85. The number of nitriles is 1. The highest BCUT2D eigenvalue weighted by atomic mass is 35.5. The van der Waals surface area contributed by atoms with Crippen LogP contribution in [0.3, 0.4) is 0 Å². The molecule has 1 aromatic carbocycles. The molecule has 0 aliphatic rings. The molecule has 0 radical (unpaired) electrons. The Morgan fingerprint density at radius 1 is 1.33 bits per heavy atom. The summed E-state index contributed by atoms with van der Waals surface area (Å²) in [7, 11) is 0. The second-order valence-electron chi connectivity index (χ2n) is 4.80. The van der Waals surface area contributed by atoms with Gasteiger partial charge in [0, 0.05) is 17.5 Å². The molecule has 0 aliphatic carbocycles. The number of hydrogen-bond donors (Lipinski definition) is 1. The monoisotopic (exact) mass is 303 g/mol. The Kier molecular flexibility index (Phi) is 5.24. The van der Waals surface area contributed by atoms with E-state index in [0.717, 1.165) is 18.4 Å². The molecule has 0 spiro atoms. The van der Waals surface area contributed by atoms with Crippen molar-refractivity contribution >= 4 is 17.5 Å². The molecule has 0 fully saturated rings. The number of halogens is 1. The van der Waals surface area contributed by atoms with Crippen molar-refractivity contribution in [3.8, 4) is 6.07 Å². The summed E-state index contributed by atoms with van der Waals surface area (Å²) < 4.78 is 5.72. The molecule has 0 atom stereocenters. The fourth-order valence-corrected chi connectivity index (χ4v) is 2.36. The topological polar surface area (TPSA) is 61.9 Å². The van der Waals surface area contributed by atoms with Crippen molar-refractivity contribution in [2.24, 2.45) is 0 Å². The molecular formula is C16H18ClN3O. The van der Waals surface area contributed by atoms with Gasteiger partial charge in [0.25, 0.3) is 0 Å². The van der Waals surface area contributed by atoms with Gasteiger partial charge in [0.05, 0.1) is 0 Å². The molecular weight excluding hydrogens is 286 g/mol. The Balaban J connectivity index is 2.17. The fraction of sp³-hybridized carbons (Fsp3) is 0.375. The second kappa shape index (κ2) is 7.14. The van der Waals surface area contributed by atoms with E-state index in [2.05, 4.69) is 30.2 Å². The summed E-state index contributed by atoms with van der Waals surface area (Å²) >= 11 is 6.11. The van der Waals surface area contributed by atoms with Gasteiger partial charge in [0.2, 0.25) is 17.5 Å². The van der Waals surface area contributed by atoms with Crippen LogP contribution in [-0.2, 0) is 6.54 Å². The summed E-state index contributed by atoms with van der Waals surface area (Å²) in [4.78, 5) is 4.28. The van der Waals surface area contributed by atoms with Crippen molar-refractivity contribution in [1.82, 2.24) is 4.98 Å². The quantitative estimate of drug-likeness (QED) is 0.839. The van der Waals surface area contributed by atoms with Gasteiger partial charge >= 0.3 is 0 Å². The highest BCUT2D eigenvalue weighted by Crippen LogP contribution is 2.27. The zero-order chi connectivity index (χ0) is 15.2. The minimum Gasteiger partial charge on any atom is -0.424 e. The molecule has 0 saturated heterocycles. The van der Waals surface area contributed by atoms with Crippen molar-refractivity contribution in [2.45, 2.75) is 39.2 Å². The van der Waals surface area contributed by atoms with Crippen molar-refractivity contribution in [3.63, 3.8) is 0 Å². The number of hydrogen-bond acceptors (Lipinski definition) is 4. The van der Waals surface area contributed by atoms with Crippen molar-refractivity contribution in [2.75, 3.05) is 5.32 Å². The number of nitrogens with one attached hydrogen (secondary N) is 1. The number of benzene rings is 1. The van der Waals surface area contributed by atoms with Crippen LogP contribution in [0.4, 0.5) is 5.88 Å². The predicted octanol–water partition coefficient (Wildman–Crippen LogP) is 4.72. The Bertz CT molecular complexity index is 641. The lowest BCUT2D eigenvalue weighted by atomic mass is 10.0. The van der Waals surface area contributed by atoms with Gasteiger partial charge < -0.3 is 9.73 Å². The first-order valence-electron chi connectivity index (χ1n) is 7.07. The minimum atomic E-state index is 0.243. The van der Waals surface area contributed by atoms with Crippen LogP contribution in [-0.4, -0.2) is 4.98 Å². The maximum atomic E-state index is 9.17. The fourth-order valence-electron chi connectivity index (χ4n) is 2.16. The van der Waals surface area contributed by atoms with E-state index in [1.165, 1.54) is 0 Å². The number of nitrogens with zero attached hydrogens (tertiary/aromatic N) is 2. The summed E-state index contributed by atoms with van der Waals surface area (Å²) in [5, 5.41) is 13.0. The lowest BCUT2D eigenvalue weighted by Gasteiger charge is -2.07. The van der Waals surface area contributed by atoms with Crippen LogP contribution in [0.1, 0.15) is 49.8 Å². The van der Waals surface area contributed by atoms with E-state index >= 15 is 0 Å². The first kappa shape index (κ1) is 15.4. The first-order valence-corrected chi connectivity index (χ1v) is 7.45. The van der Waals surface area contributed by atoms with Gasteiger partial charge in [-0.1, -0.05) is 43.6 Å². The number of anilines is 1. The smallest absolute Gasteiger partial charge is 0.232 e. The van der Waals surface area contributed by atoms with E-state index in [4.69, 9.17) is 16.0 Å². The van der Waals surface area contributed by atoms with Crippen LogP contribution < -0.4 is 5.32 Å². The van der Waals surface area contributed by atoms with Gasteiger partial charge in [-0.25, -0.2) is 4.98 Å². The standard InChI is InChI=1S/C16H18ClN3O/c1-3-11(4-2)15-20-14(9-18)16(21-15)19-10-12-7-5-6-8-13(12)17/h5-8,11,19H,3-4,10H2,1-2H3. The maximum absolute atomic E-state index is 9.17. The van der Waals surface area contributed by atoms with Gasteiger partial charge in [0.1, 0.15) is 6.07 Å². The van der Waals surface area contributed by atoms with E-state index in [9.17, 15) is 5.26 Å². The van der Waals surface area contributed by atoms with Crippen LogP contribution >= 0.6 is 11.6 Å². The van der Waals surface area contributed by atoms with Crippen molar-refractivity contribution in [1.29, 1.82) is 5.26 Å². The highest BCUT2D eigenvalue weighted by molar-refractivity contribution is 6.31. The lowest BCUT2D eigenvalue weighted by molar-refractivity contribution is 0.439. The normalized spacial score (nSPS) is 10.6. The van der Waals surface area contributed by atoms with Crippen molar-refractivity contribution in [3.05, 3.63) is 46.4 Å². The van der Waals surface area contributed by atoms with Crippen LogP contribution in [0.15, 0.2) is 28.7 Å². The molecule has 2 rings (SSSR count). The van der Waals surface area contributed by atoms with E-state index in [-0.39, 0.29) is 5.92 Å². The Morgan fingerprint density at radius 2 is 2.05 bits per heavy atom. The predicted molar refractivity (Wildman–Crippen MR) is 83.3 cm³/mol. The summed E-state index contributed by atoms with van der Waals surface area (Å²) in [6.45, 7) is 4.66. The average molecular weight is 304 g/mol. The lowest BCUT2D eigenvalue weighted by Crippen LogP contribution is -2.00. The molecule has 21 heavy (non-hydrogen) atoms. The molecule has 5 heteroatoms. The number of rotatable bonds is 6. The Hall–Kier alpha value is -1.99. The van der Waals surface area contributed by atoms with Crippen LogP contribution in [0.25, 0.3) is 0 Å². The first-order chi connectivity index (χ1) is 10.2. The Morgan fingerprint density at radius 3 is 2.67 bits per heavy atom. The zero-order valence-corrected chi connectivity index (χ0v) is 12.9. The van der Waals surface area contributed by atoms with Crippen LogP contribution in [0, 0.1) is 11.3 Å². The minimum absolute atomic E-state index is 0.243. The van der Waals surface area contributed by atoms with Gasteiger partial charge in [-0.2, -0.15) is 5.26 Å². The van der Waals surface area contributed by atoms with Crippen LogP contribution in [0.5, 0.6) is 0 Å². The Labute approximate surface area is 129 Å². The molecule has 0 amide bonds. The van der Waals surface area contributed by atoms with Gasteiger partial charge in [-0.05, 0) is 24.5 Å². The molecule has 0 bridgehead atoms. The summed E-state index contributed by atoms with van der Waals surface area (Å²) in [5.74, 6) is 1.28. The van der Waals surface area contributed by atoms with Gasteiger partial charge in [-0.15, -0.1) is 0 Å². The molecule has 0 unspecified atom stereocenters. The SMILES string of the molecule is CCC(CC)c1nc(C#N)c(NCc2ccccc2Cl)o1. The largest absolute Gasteiger partial charge is 0.424 e. The molecule has 1 N–H and O–H groups in total. The maximum Gasteiger partial charge on any atom is 0.232 e. The second-order valence-corrected chi connectivity index (χ2v) is 5.21. The number of oxazole rings is 1. The average Bonchev–Trinajstić information content (AvgIpc) is 2.91. The molecule has 0 aliphatic heterocycles. The molecule has 4 nitrogen and oxygen atoms in total. The van der Waals surface area contributed by atoms with E-state index < -0.39 is 0 Å². The summed E-state index contributed by atoms with van der Waals surface area (Å²) in [5.41, 5.74) is 1.24. The molecule has 0 saturated carbocycles. The highest BCUT2D eigenvalue weighted by Gasteiger charge is 2.18. The molecule has 1 heterocycles.